The predicted octanol–water partition coefficient (Wildman–Crippen LogP) is 3.22. The highest BCUT2D eigenvalue weighted by atomic mass is 32.1. The number of aromatic nitrogens is 1. The number of carboxylic acid groups (broad SMARTS) is 2. The second-order valence-electron chi connectivity index (χ2n) is 7.39. The summed E-state index contributed by atoms with van der Waals surface area (Å²) in [6.45, 7) is 9.10. The zero-order valence-electron chi connectivity index (χ0n) is 16.9. The summed E-state index contributed by atoms with van der Waals surface area (Å²) in [6, 6.07) is 9.18. The minimum atomic E-state index is -1.26. The number of carboxylic acids is 2. The maximum atomic E-state index is 9.55. The highest BCUT2D eigenvalue weighted by Gasteiger charge is 2.22. The SMILES string of the molecule is CC(C)CN(Cc1nc2ccccc2s1)C1CCNCC1.O=C(O)/C=C/C(=O)O. The van der Waals surface area contributed by atoms with Gasteiger partial charge < -0.3 is 15.5 Å². The quantitative estimate of drug-likeness (QED) is 0.592. The molecule has 0 atom stereocenters. The Bertz CT molecular complexity index is 779. The first-order valence-electron chi connectivity index (χ1n) is 9.78. The summed E-state index contributed by atoms with van der Waals surface area (Å²) in [4.78, 5) is 26.6. The number of hydrogen-bond donors (Lipinski definition) is 3. The largest absolute Gasteiger partial charge is 0.478 e. The van der Waals surface area contributed by atoms with E-state index in [0.717, 1.165) is 25.2 Å². The van der Waals surface area contributed by atoms with Crippen LogP contribution in [0.5, 0.6) is 0 Å². The molecule has 3 N–H and O–H groups in total. The molecule has 0 radical (unpaired) electrons. The van der Waals surface area contributed by atoms with Gasteiger partial charge in [0.15, 0.2) is 0 Å². The fourth-order valence-electron chi connectivity index (χ4n) is 3.29. The molecular weight excluding hydrogens is 390 g/mol. The highest BCUT2D eigenvalue weighted by Crippen LogP contribution is 2.25. The zero-order valence-corrected chi connectivity index (χ0v) is 17.7. The topological polar surface area (TPSA) is 103 Å². The Morgan fingerprint density at radius 2 is 1.83 bits per heavy atom. The zero-order chi connectivity index (χ0) is 21.2. The summed E-state index contributed by atoms with van der Waals surface area (Å²) in [7, 11) is 0. The first-order chi connectivity index (χ1) is 13.8. The van der Waals surface area contributed by atoms with Crippen molar-refractivity contribution in [3.05, 3.63) is 41.4 Å². The Balaban J connectivity index is 0.000000321. The molecule has 1 fully saturated rings. The minimum absolute atomic E-state index is 0.558. The number of hydrogen-bond acceptors (Lipinski definition) is 6. The van der Waals surface area contributed by atoms with Gasteiger partial charge in [-0.2, -0.15) is 0 Å². The average Bonchev–Trinajstić information content (AvgIpc) is 3.09. The number of benzene rings is 1. The van der Waals surface area contributed by atoms with Gasteiger partial charge >= 0.3 is 11.9 Å². The first-order valence-corrected chi connectivity index (χ1v) is 10.6. The third kappa shape index (κ3) is 8.31. The van der Waals surface area contributed by atoms with Crippen molar-refractivity contribution in [3.8, 4) is 0 Å². The number of piperidine rings is 1. The molecule has 0 unspecified atom stereocenters. The van der Waals surface area contributed by atoms with Crippen LogP contribution in [0, 0.1) is 5.92 Å². The van der Waals surface area contributed by atoms with Crippen molar-refractivity contribution in [1.82, 2.24) is 15.2 Å². The van der Waals surface area contributed by atoms with Gasteiger partial charge in [0.05, 0.1) is 16.8 Å². The summed E-state index contributed by atoms with van der Waals surface area (Å²) in [5.74, 6) is -1.81. The Morgan fingerprint density at radius 1 is 1.21 bits per heavy atom. The van der Waals surface area contributed by atoms with Crippen LogP contribution >= 0.6 is 11.3 Å². The lowest BCUT2D eigenvalue weighted by atomic mass is 10.0. The van der Waals surface area contributed by atoms with Gasteiger partial charge in [-0.25, -0.2) is 14.6 Å². The van der Waals surface area contributed by atoms with Gasteiger partial charge in [-0.05, 0) is 44.0 Å². The molecule has 1 aromatic heterocycles. The summed E-state index contributed by atoms with van der Waals surface area (Å²) in [5, 5.41) is 20.4. The van der Waals surface area contributed by atoms with E-state index in [-0.39, 0.29) is 0 Å². The van der Waals surface area contributed by atoms with Crippen LogP contribution in [-0.2, 0) is 16.1 Å². The van der Waals surface area contributed by atoms with Gasteiger partial charge in [0.2, 0.25) is 0 Å². The number of rotatable bonds is 7. The van der Waals surface area contributed by atoms with E-state index in [1.165, 1.54) is 29.1 Å². The molecule has 2 heterocycles. The fraction of sp³-hybridized carbons (Fsp3) is 0.476. The van der Waals surface area contributed by atoms with Gasteiger partial charge in [-0.15, -0.1) is 11.3 Å². The molecule has 1 aliphatic heterocycles. The Labute approximate surface area is 175 Å². The number of para-hydroxylation sites is 1. The molecule has 1 saturated heterocycles. The van der Waals surface area contributed by atoms with Crippen LogP contribution in [-0.4, -0.2) is 57.7 Å². The molecule has 0 saturated carbocycles. The molecule has 0 spiro atoms. The summed E-state index contributed by atoms with van der Waals surface area (Å²) < 4.78 is 1.31. The smallest absolute Gasteiger partial charge is 0.328 e. The van der Waals surface area contributed by atoms with E-state index in [9.17, 15) is 9.59 Å². The molecule has 0 bridgehead atoms. The van der Waals surface area contributed by atoms with Crippen molar-refractivity contribution in [2.75, 3.05) is 19.6 Å². The summed E-state index contributed by atoms with van der Waals surface area (Å²) >= 11 is 1.85. The summed E-state index contributed by atoms with van der Waals surface area (Å²) in [6.07, 6.45) is 3.64. The first kappa shape index (κ1) is 23.0. The maximum absolute atomic E-state index is 9.55. The van der Waals surface area contributed by atoms with Gasteiger partial charge in [-0.1, -0.05) is 26.0 Å². The molecule has 2 aromatic rings. The van der Waals surface area contributed by atoms with Crippen molar-refractivity contribution < 1.29 is 19.8 Å². The van der Waals surface area contributed by atoms with Crippen LogP contribution in [0.4, 0.5) is 0 Å². The van der Waals surface area contributed by atoms with Crippen LogP contribution < -0.4 is 5.32 Å². The van der Waals surface area contributed by atoms with Crippen molar-refractivity contribution in [1.29, 1.82) is 0 Å². The van der Waals surface area contributed by atoms with Crippen molar-refractivity contribution in [2.45, 2.75) is 39.3 Å². The third-order valence-electron chi connectivity index (χ3n) is 4.47. The number of nitrogens with zero attached hydrogens (tertiary/aromatic N) is 2. The van der Waals surface area contributed by atoms with E-state index in [2.05, 4.69) is 48.3 Å². The van der Waals surface area contributed by atoms with Crippen molar-refractivity contribution in [3.63, 3.8) is 0 Å². The third-order valence-corrected chi connectivity index (χ3v) is 5.49. The van der Waals surface area contributed by atoms with Gasteiger partial charge in [0.1, 0.15) is 5.01 Å². The molecule has 29 heavy (non-hydrogen) atoms. The van der Waals surface area contributed by atoms with E-state index in [0.29, 0.717) is 24.1 Å². The molecule has 8 heteroatoms. The van der Waals surface area contributed by atoms with Crippen LogP contribution in [0.25, 0.3) is 10.2 Å². The van der Waals surface area contributed by atoms with Gasteiger partial charge in [0, 0.05) is 24.7 Å². The second-order valence-corrected chi connectivity index (χ2v) is 8.50. The lowest BCUT2D eigenvalue weighted by molar-refractivity contribution is -0.134. The molecule has 0 aliphatic carbocycles. The van der Waals surface area contributed by atoms with Crippen LogP contribution in [0.1, 0.15) is 31.7 Å². The van der Waals surface area contributed by atoms with Crippen LogP contribution in [0.3, 0.4) is 0 Å². The van der Waals surface area contributed by atoms with E-state index < -0.39 is 11.9 Å². The van der Waals surface area contributed by atoms with E-state index in [4.69, 9.17) is 15.2 Å². The Kier molecular flexibility index (Phi) is 9.24. The Hall–Kier alpha value is -2.29. The normalized spacial score (nSPS) is 15.0. The van der Waals surface area contributed by atoms with E-state index >= 15 is 0 Å². The predicted molar refractivity (Wildman–Crippen MR) is 115 cm³/mol. The van der Waals surface area contributed by atoms with Gasteiger partial charge in [0.25, 0.3) is 0 Å². The molecule has 3 rings (SSSR count). The second kappa shape index (κ2) is 11.6. The lowest BCUT2D eigenvalue weighted by Crippen LogP contribution is -2.44. The number of carbonyl (C=O) groups is 2. The molecule has 158 valence electrons. The van der Waals surface area contributed by atoms with E-state index in [1.807, 2.05) is 11.3 Å². The average molecular weight is 420 g/mol. The standard InChI is InChI=1S/C17H25N3S.C4H4O4/c1-13(2)11-20(14-7-9-18-10-8-14)12-17-19-15-5-3-4-6-16(15)21-17;5-3(6)1-2-4(7)8/h3-6,13-14,18H,7-12H2,1-2H3;1-2H,(H,5,6)(H,7,8)/b;2-1+. The molecule has 1 aliphatic rings. The lowest BCUT2D eigenvalue weighted by Gasteiger charge is -2.35. The molecule has 0 amide bonds. The van der Waals surface area contributed by atoms with Crippen LogP contribution in [0.15, 0.2) is 36.4 Å². The summed E-state index contributed by atoms with van der Waals surface area (Å²) in [5.41, 5.74) is 1.15. The Morgan fingerprint density at radius 3 is 2.38 bits per heavy atom. The van der Waals surface area contributed by atoms with Crippen molar-refractivity contribution >= 4 is 33.5 Å². The minimum Gasteiger partial charge on any atom is -0.478 e. The highest BCUT2D eigenvalue weighted by molar-refractivity contribution is 7.18. The number of aliphatic carboxylic acids is 2. The number of nitrogens with one attached hydrogen (secondary N) is 1. The van der Waals surface area contributed by atoms with E-state index in [1.54, 1.807) is 0 Å². The maximum Gasteiger partial charge on any atom is 0.328 e. The molecule has 7 nitrogen and oxygen atoms in total. The fourth-order valence-corrected chi connectivity index (χ4v) is 4.28. The van der Waals surface area contributed by atoms with Gasteiger partial charge in [-0.3, -0.25) is 4.90 Å². The molecular formula is C21H29N3O4S. The van der Waals surface area contributed by atoms with Crippen molar-refractivity contribution in [2.24, 2.45) is 5.92 Å². The van der Waals surface area contributed by atoms with Crippen LogP contribution in [0.2, 0.25) is 0 Å². The molecule has 1 aromatic carbocycles. The monoisotopic (exact) mass is 419 g/mol. The number of thiazole rings is 1. The number of fused-ring (bicyclic) bond motifs is 1.